The van der Waals surface area contributed by atoms with Crippen LogP contribution in [0.15, 0.2) is 60.8 Å². The van der Waals surface area contributed by atoms with Gasteiger partial charge in [0.2, 0.25) is 5.91 Å². The van der Waals surface area contributed by atoms with Gasteiger partial charge in [-0.3, -0.25) is 13.8 Å². The number of quaternary nitrogens is 1. The topological polar surface area (TPSA) is 105 Å². The first-order valence-electron chi connectivity index (χ1n) is 24.2. The molecule has 0 fully saturated rings. The van der Waals surface area contributed by atoms with Crippen molar-refractivity contribution in [3.05, 3.63) is 60.8 Å². The highest BCUT2D eigenvalue weighted by atomic mass is 31.2. The number of phosphoric acid groups is 1. The zero-order chi connectivity index (χ0) is 43.6. The number of nitrogens with zero attached hydrogens (tertiary/aromatic N) is 1. The minimum absolute atomic E-state index is 0.0506. The minimum Gasteiger partial charge on any atom is -0.387 e. The van der Waals surface area contributed by atoms with Crippen molar-refractivity contribution in [1.29, 1.82) is 0 Å². The Morgan fingerprint density at radius 1 is 0.576 bits per heavy atom. The molecule has 0 heterocycles. The Morgan fingerprint density at radius 3 is 1.49 bits per heavy atom. The number of aliphatic hydroxyl groups is 1. The molecule has 344 valence electrons. The lowest BCUT2D eigenvalue weighted by Gasteiger charge is -2.25. The van der Waals surface area contributed by atoms with Crippen LogP contribution >= 0.6 is 7.82 Å². The standard InChI is InChI=1S/C50H93N2O6P/c1-6-8-10-12-14-16-18-20-22-24-26-28-30-32-34-36-38-40-42-44-50(54)51-48(47-58-59(55,56)57-46-45-52(3,4)5)49(53)43-41-39-37-35-33-31-29-27-25-23-21-19-17-15-13-11-9-7-2/h14,16,20,22,25,27,33,35,41,43,48-49,53H,6-13,15,17-19,21,23-24,26,28-32,34,36-40,42,44-47H2,1-5H3,(H-,51,54,55,56)/p+1/b16-14-,22-20-,27-25+,35-33+,43-41+. The molecule has 0 radical (unpaired) electrons. The highest BCUT2D eigenvalue weighted by Gasteiger charge is 2.27. The van der Waals surface area contributed by atoms with Crippen LogP contribution in [0.2, 0.25) is 0 Å². The summed E-state index contributed by atoms with van der Waals surface area (Å²) >= 11 is 0. The second kappa shape index (κ2) is 41.5. The fraction of sp³-hybridized carbons (Fsp3) is 0.780. The van der Waals surface area contributed by atoms with Gasteiger partial charge >= 0.3 is 7.82 Å². The molecule has 0 aliphatic carbocycles. The molecule has 0 saturated heterocycles. The van der Waals surface area contributed by atoms with Crippen LogP contribution in [-0.2, 0) is 18.4 Å². The molecule has 9 heteroatoms. The maximum absolute atomic E-state index is 12.9. The van der Waals surface area contributed by atoms with E-state index in [9.17, 15) is 19.4 Å². The fourth-order valence-electron chi connectivity index (χ4n) is 6.57. The van der Waals surface area contributed by atoms with Crippen LogP contribution in [0.5, 0.6) is 0 Å². The quantitative estimate of drug-likeness (QED) is 0.0244. The molecule has 3 unspecified atom stereocenters. The van der Waals surface area contributed by atoms with Crippen LogP contribution in [0.1, 0.15) is 200 Å². The average molecular weight is 850 g/mol. The lowest BCUT2D eigenvalue weighted by molar-refractivity contribution is -0.870. The molecule has 0 aromatic heterocycles. The molecular formula is C50H94N2O6P+. The number of carbonyl (C=O) groups excluding carboxylic acids is 1. The average Bonchev–Trinajstić information content (AvgIpc) is 3.19. The summed E-state index contributed by atoms with van der Waals surface area (Å²) < 4.78 is 23.6. The van der Waals surface area contributed by atoms with E-state index in [1.54, 1.807) is 6.08 Å². The van der Waals surface area contributed by atoms with Crippen LogP contribution in [0.4, 0.5) is 0 Å². The Kier molecular flexibility index (Phi) is 40.3. The van der Waals surface area contributed by atoms with E-state index in [1.807, 2.05) is 27.2 Å². The third kappa shape index (κ3) is 44.1. The van der Waals surface area contributed by atoms with Crippen LogP contribution in [0, 0.1) is 0 Å². The first-order valence-corrected chi connectivity index (χ1v) is 25.7. The summed E-state index contributed by atoms with van der Waals surface area (Å²) in [4.78, 5) is 23.2. The van der Waals surface area contributed by atoms with Crippen molar-refractivity contribution < 1.29 is 32.9 Å². The summed E-state index contributed by atoms with van der Waals surface area (Å²) in [5.74, 6) is -0.198. The van der Waals surface area contributed by atoms with Crippen molar-refractivity contribution in [2.24, 2.45) is 0 Å². The van der Waals surface area contributed by atoms with Crippen LogP contribution < -0.4 is 5.32 Å². The van der Waals surface area contributed by atoms with Crippen molar-refractivity contribution in [1.82, 2.24) is 5.32 Å². The molecule has 0 rings (SSSR count). The molecule has 0 aromatic rings. The highest BCUT2D eigenvalue weighted by Crippen LogP contribution is 2.43. The van der Waals surface area contributed by atoms with Crippen molar-refractivity contribution in [3.8, 4) is 0 Å². The number of hydrogen-bond donors (Lipinski definition) is 3. The van der Waals surface area contributed by atoms with Gasteiger partial charge < -0.3 is 19.8 Å². The number of unbranched alkanes of at least 4 members (excludes halogenated alkanes) is 22. The van der Waals surface area contributed by atoms with E-state index in [1.165, 1.54) is 128 Å². The van der Waals surface area contributed by atoms with Crippen molar-refractivity contribution in [2.45, 2.75) is 212 Å². The van der Waals surface area contributed by atoms with Gasteiger partial charge in [0.15, 0.2) is 0 Å². The van der Waals surface area contributed by atoms with E-state index in [0.29, 0.717) is 17.4 Å². The Morgan fingerprint density at radius 2 is 0.983 bits per heavy atom. The van der Waals surface area contributed by atoms with Gasteiger partial charge in [0.05, 0.1) is 39.9 Å². The number of allylic oxidation sites excluding steroid dienone is 9. The van der Waals surface area contributed by atoms with Gasteiger partial charge in [0.1, 0.15) is 13.2 Å². The van der Waals surface area contributed by atoms with E-state index in [2.05, 4.69) is 67.8 Å². The zero-order valence-corrected chi connectivity index (χ0v) is 39.9. The molecule has 3 atom stereocenters. The van der Waals surface area contributed by atoms with Crippen LogP contribution in [0.25, 0.3) is 0 Å². The van der Waals surface area contributed by atoms with Gasteiger partial charge in [-0.25, -0.2) is 4.57 Å². The predicted molar refractivity (Wildman–Crippen MR) is 254 cm³/mol. The Labute approximate surface area is 364 Å². The fourth-order valence-corrected chi connectivity index (χ4v) is 7.31. The number of amides is 1. The molecule has 0 aromatic carbocycles. The van der Waals surface area contributed by atoms with E-state index < -0.39 is 20.0 Å². The number of phosphoric ester groups is 1. The van der Waals surface area contributed by atoms with E-state index in [4.69, 9.17) is 9.05 Å². The third-order valence-electron chi connectivity index (χ3n) is 10.4. The summed E-state index contributed by atoms with van der Waals surface area (Å²) in [6.07, 6.45) is 54.3. The van der Waals surface area contributed by atoms with Crippen LogP contribution in [-0.4, -0.2) is 73.4 Å². The molecule has 1 amide bonds. The lowest BCUT2D eigenvalue weighted by Crippen LogP contribution is -2.45. The lowest BCUT2D eigenvalue weighted by atomic mass is 10.1. The predicted octanol–water partition coefficient (Wildman–Crippen LogP) is 13.8. The Hall–Kier alpha value is -1.80. The van der Waals surface area contributed by atoms with Gasteiger partial charge in [0, 0.05) is 6.42 Å². The molecule has 0 bridgehead atoms. The number of aliphatic hydroxyl groups excluding tert-OH is 1. The minimum atomic E-state index is -4.36. The van der Waals surface area contributed by atoms with Gasteiger partial charge in [-0.05, 0) is 77.0 Å². The van der Waals surface area contributed by atoms with Gasteiger partial charge in [-0.1, -0.05) is 177 Å². The number of hydrogen-bond acceptors (Lipinski definition) is 5. The summed E-state index contributed by atoms with van der Waals surface area (Å²) in [6.45, 7) is 4.75. The summed E-state index contributed by atoms with van der Waals surface area (Å²) in [6, 6.07) is -0.873. The largest absolute Gasteiger partial charge is 0.472 e. The smallest absolute Gasteiger partial charge is 0.387 e. The third-order valence-corrected chi connectivity index (χ3v) is 11.4. The maximum Gasteiger partial charge on any atom is 0.472 e. The SMILES string of the molecule is CCCCC/C=C\C/C=C\CCCCCCCCCCCC(=O)NC(COP(=O)(O)OCC[N+](C)(C)C)C(O)/C=C/CC/C=C/CC/C=C/CCCCCCCCCC. The normalized spacial score (nSPS) is 14.8. The second-order valence-electron chi connectivity index (χ2n) is 17.5. The van der Waals surface area contributed by atoms with Crippen molar-refractivity contribution >= 4 is 13.7 Å². The van der Waals surface area contributed by atoms with Crippen molar-refractivity contribution in [3.63, 3.8) is 0 Å². The Balaban J connectivity index is 4.45. The molecule has 0 spiro atoms. The number of carbonyl (C=O) groups is 1. The van der Waals surface area contributed by atoms with Crippen LogP contribution in [0.3, 0.4) is 0 Å². The van der Waals surface area contributed by atoms with E-state index in [-0.39, 0.29) is 19.1 Å². The number of rotatable bonds is 43. The number of nitrogens with one attached hydrogen (secondary N) is 1. The van der Waals surface area contributed by atoms with Gasteiger partial charge in [0.25, 0.3) is 0 Å². The molecular weight excluding hydrogens is 756 g/mol. The molecule has 3 N–H and O–H groups in total. The zero-order valence-electron chi connectivity index (χ0n) is 39.0. The summed E-state index contributed by atoms with van der Waals surface area (Å²) in [7, 11) is 1.54. The van der Waals surface area contributed by atoms with E-state index in [0.717, 1.165) is 51.4 Å². The molecule has 59 heavy (non-hydrogen) atoms. The maximum atomic E-state index is 12.9. The van der Waals surface area contributed by atoms with Gasteiger partial charge in [-0.15, -0.1) is 0 Å². The number of likely N-dealkylation sites (N-methyl/N-ethyl adjacent to an activating group) is 1. The monoisotopic (exact) mass is 850 g/mol. The molecule has 0 saturated carbocycles. The van der Waals surface area contributed by atoms with E-state index >= 15 is 0 Å². The second-order valence-corrected chi connectivity index (χ2v) is 18.9. The van der Waals surface area contributed by atoms with Gasteiger partial charge in [-0.2, -0.15) is 0 Å². The first-order chi connectivity index (χ1) is 28.5. The molecule has 8 nitrogen and oxygen atoms in total. The first kappa shape index (κ1) is 57.2. The summed E-state index contributed by atoms with van der Waals surface area (Å²) in [5.41, 5.74) is 0. The Bertz CT molecular complexity index is 1140. The molecule has 0 aliphatic heterocycles. The highest BCUT2D eigenvalue weighted by molar-refractivity contribution is 7.47. The summed E-state index contributed by atoms with van der Waals surface area (Å²) in [5, 5.41) is 13.8. The van der Waals surface area contributed by atoms with Crippen molar-refractivity contribution in [2.75, 3.05) is 40.9 Å². The molecule has 0 aliphatic rings.